The van der Waals surface area contributed by atoms with Crippen molar-refractivity contribution in [2.24, 2.45) is 0 Å². The minimum absolute atomic E-state index is 0.239. The van der Waals surface area contributed by atoms with Crippen LogP contribution >= 0.6 is 11.8 Å². The third-order valence-electron chi connectivity index (χ3n) is 4.66. The zero-order valence-electron chi connectivity index (χ0n) is 16.9. The molecule has 0 saturated carbocycles. The van der Waals surface area contributed by atoms with E-state index in [0.717, 1.165) is 38.5 Å². The van der Waals surface area contributed by atoms with Gasteiger partial charge in [0.25, 0.3) is 0 Å². The molecule has 1 aliphatic heterocycles. The van der Waals surface area contributed by atoms with E-state index in [0.29, 0.717) is 28.6 Å². The van der Waals surface area contributed by atoms with Crippen molar-refractivity contribution in [1.29, 1.82) is 0 Å². The Morgan fingerprint density at radius 3 is 2.38 bits per heavy atom. The number of rotatable bonds is 5. The molecule has 2 aromatic rings. The molecule has 8 heteroatoms. The van der Waals surface area contributed by atoms with E-state index in [1.807, 2.05) is 0 Å². The Morgan fingerprint density at radius 1 is 1.07 bits per heavy atom. The second kappa shape index (κ2) is 9.98. The number of fused-ring (bicyclic) bond motifs is 1. The molecule has 0 radical (unpaired) electrons. The van der Waals surface area contributed by atoms with Crippen LogP contribution in [0.4, 0.5) is 5.82 Å². The largest absolute Gasteiger partial charge is 0.389 e. The summed E-state index contributed by atoms with van der Waals surface area (Å²) in [5, 5.41) is 20.1. The fourth-order valence-electron chi connectivity index (χ4n) is 3.01. The topological polar surface area (TPSA) is 110 Å². The number of anilines is 1. The molecule has 0 amide bonds. The summed E-state index contributed by atoms with van der Waals surface area (Å²) in [4.78, 5) is 13.4. The second-order valence-corrected chi connectivity index (χ2v) is 8.15. The summed E-state index contributed by atoms with van der Waals surface area (Å²) in [5.41, 5.74) is 7.08. The molecule has 1 aliphatic rings. The number of aliphatic hydroxyl groups excluding tert-OH is 2. The number of thioether (sulfide) groups is 1. The van der Waals surface area contributed by atoms with Crippen LogP contribution in [0.1, 0.15) is 69.4 Å². The molecule has 0 aromatic carbocycles. The van der Waals surface area contributed by atoms with Gasteiger partial charge in [0.2, 0.25) is 5.82 Å². The van der Waals surface area contributed by atoms with Gasteiger partial charge in [-0.3, -0.25) is 4.57 Å². The SMILES string of the molecule is CCCCC#Cc1nc(N)c2nc(C#CCCCC)n([C@@H]3SC[C@H](O)C3O)c2n1. The standard InChI is InChI=1S/C21H27N5O2S/c1-3-5-7-9-11-15-23-19(22)17-20(24-15)26(21-18(28)14(27)13-29-21)16(25-17)12-10-8-6-4-2/h14,18,21,27-28H,3-8,13H2,1-2H3,(H2,22,23,24)/t14-,18?,21+/m0/s1. The van der Waals surface area contributed by atoms with E-state index in [-0.39, 0.29) is 5.82 Å². The Balaban J connectivity index is 2.08. The Labute approximate surface area is 175 Å². The molecule has 2 aromatic heterocycles. The maximum atomic E-state index is 10.5. The smallest absolute Gasteiger partial charge is 0.208 e. The van der Waals surface area contributed by atoms with Crippen molar-refractivity contribution < 1.29 is 10.2 Å². The average Bonchev–Trinajstić information content (AvgIpc) is 3.23. The fourth-order valence-corrected chi connectivity index (χ4v) is 4.32. The lowest BCUT2D eigenvalue weighted by Crippen LogP contribution is -2.28. The predicted octanol–water partition coefficient (Wildman–Crippen LogP) is 2.46. The monoisotopic (exact) mass is 413 g/mol. The van der Waals surface area contributed by atoms with Gasteiger partial charge in [-0.25, -0.2) is 15.0 Å². The molecule has 3 rings (SSSR count). The normalized spacial score (nSPS) is 20.9. The van der Waals surface area contributed by atoms with Crippen LogP contribution in [0.15, 0.2) is 0 Å². The number of nitrogens with zero attached hydrogens (tertiary/aromatic N) is 4. The molecule has 1 saturated heterocycles. The van der Waals surface area contributed by atoms with Crippen LogP contribution in [0.5, 0.6) is 0 Å². The van der Waals surface area contributed by atoms with E-state index in [1.165, 1.54) is 11.8 Å². The van der Waals surface area contributed by atoms with E-state index >= 15 is 0 Å². The number of hydrogen-bond donors (Lipinski definition) is 3. The summed E-state index contributed by atoms with van der Waals surface area (Å²) in [6, 6.07) is 0. The maximum absolute atomic E-state index is 10.5. The average molecular weight is 414 g/mol. The van der Waals surface area contributed by atoms with E-state index < -0.39 is 17.6 Å². The first kappa shape index (κ1) is 21.4. The van der Waals surface area contributed by atoms with Crippen molar-refractivity contribution in [3.05, 3.63) is 11.6 Å². The quantitative estimate of drug-likeness (QED) is 0.510. The fraction of sp³-hybridized carbons (Fsp3) is 0.571. The van der Waals surface area contributed by atoms with Gasteiger partial charge in [-0.2, -0.15) is 0 Å². The van der Waals surface area contributed by atoms with E-state index in [4.69, 9.17) is 5.73 Å². The highest BCUT2D eigenvalue weighted by Gasteiger charge is 2.38. The molecule has 3 atom stereocenters. The molecular weight excluding hydrogens is 386 g/mol. The van der Waals surface area contributed by atoms with Crippen LogP contribution in [-0.2, 0) is 0 Å². The minimum atomic E-state index is -0.941. The van der Waals surface area contributed by atoms with Gasteiger partial charge < -0.3 is 15.9 Å². The van der Waals surface area contributed by atoms with Crippen LogP contribution < -0.4 is 5.73 Å². The van der Waals surface area contributed by atoms with Crippen molar-refractivity contribution in [1.82, 2.24) is 19.5 Å². The number of nitrogen functional groups attached to an aromatic ring is 1. The lowest BCUT2D eigenvalue weighted by atomic mass is 10.2. The molecule has 154 valence electrons. The van der Waals surface area contributed by atoms with Crippen molar-refractivity contribution in [2.45, 2.75) is 70.0 Å². The first-order valence-electron chi connectivity index (χ1n) is 10.1. The zero-order valence-corrected chi connectivity index (χ0v) is 17.7. The number of unbranched alkanes of at least 4 members (excludes halogenated alkanes) is 4. The van der Waals surface area contributed by atoms with Gasteiger partial charge in [0.1, 0.15) is 11.5 Å². The first-order valence-corrected chi connectivity index (χ1v) is 11.1. The molecule has 1 unspecified atom stereocenters. The van der Waals surface area contributed by atoms with Crippen molar-refractivity contribution in [3.63, 3.8) is 0 Å². The highest BCUT2D eigenvalue weighted by Crippen LogP contribution is 2.39. The van der Waals surface area contributed by atoms with E-state index in [9.17, 15) is 10.2 Å². The highest BCUT2D eigenvalue weighted by atomic mass is 32.2. The highest BCUT2D eigenvalue weighted by molar-refractivity contribution is 7.99. The van der Waals surface area contributed by atoms with Crippen LogP contribution in [-0.4, -0.2) is 47.7 Å². The van der Waals surface area contributed by atoms with Crippen LogP contribution in [0.2, 0.25) is 0 Å². The van der Waals surface area contributed by atoms with Gasteiger partial charge in [0.05, 0.1) is 6.10 Å². The number of hydrogen-bond acceptors (Lipinski definition) is 7. The van der Waals surface area contributed by atoms with Crippen LogP contribution in [0.25, 0.3) is 11.2 Å². The summed E-state index contributed by atoms with van der Waals surface area (Å²) in [5.74, 6) is 13.7. The summed E-state index contributed by atoms with van der Waals surface area (Å²) in [6.07, 6.45) is 3.94. The molecule has 1 fully saturated rings. The second-order valence-electron chi connectivity index (χ2n) is 7.00. The predicted molar refractivity (Wildman–Crippen MR) is 116 cm³/mol. The number of aromatic nitrogens is 4. The lowest BCUT2D eigenvalue weighted by Gasteiger charge is -2.18. The Bertz CT molecular complexity index is 982. The van der Waals surface area contributed by atoms with Crippen LogP contribution in [0.3, 0.4) is 0 Å². The van der Waals surface area contributed by atoms with Crippen molar-refractivity contribution >= 4 is 28.7 Å². The molecule has 0 aliphatic carbocycles. The molecule has 4 N–H and O–H groups in total. The van der Waals surface area contributed by atoms with Gasteiger partial charge >= 0.3 is 0 Å². The summed E-state index contributed by atoms with van der Waals surface area (Å²) < 4.78 is 1.77. The van der Waals surface area contributed by atoms with Gasteiger partial charge in [-0.05, 0) is 24.7 Å². The Morgan fingerprint density at radius 2 is 1.76 bits per heavy atom. The molecule has 0 bridgehead atoms. The molecule has 3 heterocycles. The third-order valence-corrected chi connectivity index (χ3v) is 6.02. The Kier molecular flexibility index (Phi) is 7.38. The molecule has 7 nitrogen and oxygen atoms in total. The summed E-state index contributed by atoms with van der Waals surface area (Å²) >= 11 is 1.44. The van der Waals surface area contributed by atoms with E-state index in [1.54, 1.807) is 4.57 Å². The van der Waals surface area contributed by atoms with Gasteiger partial charge in [-0.15, -0.1) is 11.8 Å². The summed E-state index contributed by atoms with van der Waals surface area (Å²) in [7, 11) is 0. The van der Waals surface area contributed by atoms with Gasteiger partial charge in [0, 0.05) is 18.6 Å². The van der Waals surface area contributed by atoms with Crippen molar-refractivity contribution in [3.8, 4) is 23.7 Å². The van der Waals surface area contributed by atoms with Gasteiger partial charge in [-0.1, -0.05) is 38.5 Å². The van der Waals surface area contributed by atoms with Crippen LogP contribution in [0, 0.1) is 23.7 Å². The molecule has 29 heavy (non-hydrogen) atoms. The maximum Gasteiger partial charge on any atom is 0.208 e. The zero-order chi connectivity index (χ0) is 20.8. The molecular formula is C21H27N5O2S. The minimum Gasteiger partial charge on any atom is -0.389 e. The Hall–Kier alpha value is -2.26. The number of imidazole rings is 1. The first-order chi connectivity index (χ1) is 14.1. The van der Waals surface area contributed by atoms with Gasteiger partial charge in [0.15, 0.2) is 22.8 Å². The van der Waals surface area contributed by atoms with Crippen molar-refractivity contribution in [2.75, 3.05) is 11.5 Å². The third kappa shape index (κ3) is 4.84. The lowest BCUT2D eigenvalue weighted by molar-refractivity contribution is 0.0312. The number of aliphatic hydroxyl groups is 2. The summed E-state index contributed by atoms with van der Waals surface area (Å²) in [6.45, 7) is 4.23. The van der Waals surface area contributed by atoms with E-state index in [2.05, 4.69) is 52.5 Å². The molecule has 0 spiro atoms. The number of nitrogens with two attached hydrogens (primary N) is 1.